The average Bonchev–Trinajstić information content (AvgIpc) is 2.98. The quantitative estimate of drug-likeness (QED) is 0.519. The highest BCUT2D eigenvalue weighted by molar-refractivity contribution is 5.92. The third-order valence-corrected chi connectivity index (χ3v) is 4.24. The molecular formula is C21H22FN3O. The summed E-state index contributed by atoms with van der Waals surface area (Å²) in [4.78, 5) is 16.3. The molecular weight excluding hydrogens is 329 g/mol. The van der Waals surface area contributed by atoms with Gasteiger partial charge in [0.1, 0.15) is 11.6 Å². The van der Waals surface area contributed by atoms with Gasteiger partial charge in [0.2, 0.25) is 5.91 Å². The first-order chi connectivity index (χ1) is 12.5. The van der Waals surface area contributed by atoms with Gasteiger partial charge in [-0.25, -0.2) is 9.37 Å². The van der Waals surface area contributed by atoms with Crippen LogP contribution in [0.3, 0.4) is 0 Å². The molecule has 0 spiro atoms. The van der Waals surface area contributed by atoms with Gasteiger partial charge in [0.25, 0.3) is 0 Å². The predicted molar refractivity (Wildman–Crippen MR) is 101 cm³/mol. The molecule has 1 aromatic heterocycles. The largest absolute Gasteiger partial charge is 0.352 e. The number of imidazole rings is 1. The maximum absolute atomic E-state index is 13.2. The highest BCUT2D eigenvalue weighted by Gasteiger charge is 2.11. The molecule has 0 aliphatic carbocycles. The van der Waals surface area contributed by atoms with Crippen LogP contribution in [0.1, 0.15) is 24.7 Å². The summed E-state index contributed by atoms with van der Waals surface area (Å²) in [5, 5.41) is 2.84. The molecule has 0 bridgehead atoms. The lowest BCUT2D eigenvalue weighted by Gasteiger charge is -2.10. The molecule has 4 nitrogen and oxygen atoms in total. The lowest BCUT2D eigenvalue weighted by atomic mass is 10.2. The summed E-state index contributed by atoms with van der Waals surface area (Å²) in [6.07, 6.45) is 1.53. The van der Waals surface area contributed by atoms with Crippen molar-refractivity contribution >= 4 is 16.9 Å². The normalized spacial score (nSPS) is 10.8. The Morgan fingerprint density at radius 2 is 1.92 bits per heavy atom. The van der Waals surface area contributed by atoms with Gasteiger partial charge >= 0.3 is 0 Å². The zero-order valence-electron chi connectivity index (χ0n) is 14.8. The van der Waals surface area contributed by atoms with Gasteiger partial charge in [-0.3, -0.25) is 4.79 Å². The first-order valence-corrected chi connectivity index (χ1v) is 8.67. The summed E-state index contributed by atoms with van der Waals surface area (Å²) in [5.74, 6) is 0.600. The van der Waals surface area contributed by atoms with Gasteiger partial charge < -0.3 is 9.88 Å². The molecule has 0 aliphatic rings. The second-order valence-corrected chi connectivity index (χ2v) is 6.37. The number of hydrogen-bond acceptors (Lipinski definition) is 2. The van der Waals surface area contributed by atoms with Gasteiger partial charge in [-0.15, -0.1) is 0 Å². The zero-order valence-corrected chi connectivity index (χ0v) is 14.8. The number of fused-ring (bicyclic) bond motifs is 1. The van der Waals surface area contributed by atoms with Crippen LogP contribution in [0.4, 0.5) is 4.39 Å². The number of aromatic nitrogens is 2. The Hall–Kier alpha value is -2.95. The molecule has 1 N–H and O–H groups in total. The number of aryl methyl sites for hydroxylation is 1. The number of para-hydroxylation sites is 2. The van der Waals surface area contributed by atoms with Crippen LogP contribution in [0.25, 0.3) is 11.0 Å². The smallest absolute Gasteiger partial charge is 0.246 e. The Balaban J connectivity index is 1.77. The highest BCUT2D eigenvalue weighted by atomic mass is 19.1. The van der Waals surface area contributed by atoms with E-state index in [9.17, 15) is 9.18 Å². The van der Waals surface area contributed by atoms with Crippen LogP contribution in [0, 0.1) is 5.82 Å². The van der Waals surface area contributed by atoms with Crippen LogP contribution in [0.5, 0.6) is 0 Å². The number of rotatable bonds is 7. The van der Waals surface area contributed by atoms with Crippen molar-refractivity contribution < 1.29 is 9.18 Å². The molecule has 0 saturated heterocycles. The summed E-state index contributed by atoms with van der Waals surface area (Å²) in [6.45, 7) is 6.53. The summed E-state index contributed by atoms with van der Waals surface area (Å²) in [7, 11) is 0. The number of amides is 1. The van der Waals surface area contributed by atoms with E-state index in [1.165, 1.54) is 12.1 Å². The Labute approximate surface area is 152 Å². The van der Waals surface area contributed by atoms with E-state index in [1.807, 2.05) is 24.3 Å². The van der Waals surface area contributed by atoms with Gasteiger partial charge in [0.15, 0.2) is 0 Å². The SMILES string of the molecule is C=C(C)C(=O)NCCCc1nc2ccccc2n1Cc1ccc(F)cc1. The van der Waals surface area contributed by atoms with Crippen molar-refractivity contribution in [3.8, 4) is 0 Å². The van der Waals surface area contributed by atoms with Gasteiger partial charge in [-0.2, -0.15) is 0 Å². The minimum atomic E-state index is -0.238. The Bertz CT molecular complexity index is 928. The van der Waals surface area contributed by atoms with Crippen molar-refractivity contribution in [2.45, 2.75) is 26.3 Å². The minimum absolute atomic E-state index is 0.121. The van der Waals surface area contributed by atoms with Crippen LogP contribution < -0.4 is 5.32 Å². The monoisotopic (exact) mass is 351 g/mol. The molecule has 0 fully saturated rings. The standard InChI is InChI=1S/C21H22FN3O/c1-15(2)21(26)23-13-5-8-20-24-18-6-3-4-7-19(18)25(20)14-16-9-11-17(22)12-10-16/h3-4,6-7,9-12H,1,5,8,13-14H2,2H3,(H,23,26). The predicted octanol–water partition coefficient (Wildman–Crippen LogP) is 3.85. The van der Waals surface area contributed by atoms with Crippen molar-refractivity contribution in [1.29, 1.82) is 0 Å². The second-order valence-electron chi connectivity index (χ2n) is 6.37. The molecule has 134 valence electrons. The molecule has 1 heterocycles. The summed E-state index contributed by atoms with van der Waals surface area (Å²) < 4.78 is 15.3. The molecule has 3 rings (SSSR count). The van der Waals surface area contributed by atoms with E-state index < -0.39 is 0 Å². The van der Waals surface area contributed by atoms with E-state index in [0.29, 0.717) is 18.7 Å². The molecule has 0 aliphatic heterocycles. The molecule has 26 heavy (non-hydrogen) atoms. The molecule has 0 radical (unpaired) electrons. The van der Waals surface area contributed by atoms with E-state index in [-0.39, 0.29) is 11.7 Å². The summed E-state index contributed by atoms with van der Waals surface area (Å²) >= 11 is 0. The van der Waals surface area contributed by atoms with Crippen LogP contribution in [-0.2, 0) is 17.8 Å². The fraction of sp³-hybridized carbons (Fsp3) is 0.238. The third kappa shape index (κ3) is 4.17. The number of hydrogen-bond donors (Lipinski definition) is 1. The van der Waals surface area contributed by atoms with Crippen LogP contribution >= 0.6 is 0 Å². The number of carbonyl (C=O) groups is 1. The van der Waals surface area contributed by atoms with E-state index in [2.05, 4.69) is 16.5 Å². The molecule has 2 aromatic carbocycles. The van der Waals surface area contributed by atoms with Gasteiger partial charge in [0.05, 0.1) is 11.0 Å². The number of benzene rings is 2. The van der Waals surface area contributed by atoms with Gasteiger partial charge in [-0.1, -0.05) is 30.8 Å². The van der Waals surface area contributed by atoms with Crippen LogP contribution in [0.2, 0.25) is 0 Å². The van der Waals surface area contributed by atoms with Gasteiger partial charge in [0, 0.05) is 25.1 Å². The molecule has 0 atom stereocenters. The van der Waals surface area contributed by atoms with Crippen molar-refractivity contribution in [1.82, 2.24) is 14.9 Å². The van der Waals surface area contributed by atoms with Crippen molar-refractivity contribution in [2.75, 3.05) is 6.54 Å². The second kappa shape index (κ2) is 7.95. The van der Waals surface area contributed by atoms with E-state index in [0.717, 1.165) is 35.3 Å². The number of nitrogens with zero attached hydrogens (tertiary/aromatic N) is 2. The maximum Gasteiger partial charge on any atom is 0.246 e. The number of nitrogens with one attached hydrogen (secondary N) is 1. The minimum Gasteiger partial charge on any atom is -0.352 e. The molecule has 0 unspecified atom stereocenters. The third-order valence-electron chi connectivity index (χ3n) is 4.24. The summed E-state index contributed by atoms with van der Waals surface area (Å²) in [6, 6.07) is 14.5. The van der Waals surface area contributed by atoms with Crippen molar-refractivity contribution in [3.05, 3.63) is 77.9 Å². The molecule has 1 amide bonds. The maximum atomic E-state index is 13.2. The first kappa shape index (κ1) is 17.9. The van der Waals surface area contributed by atoms with Gasteiger partial charge in [-0.05, 0) is 43.2 Å². The number of carbonyl (C=O) groups excluding carboxylic acids is 1. The van der Waals surface area contributed by atoms with E-state index >= 15 is 0 Å². The first-order valence-electron chi connectivity index (χ1n) is 8.67. The lowest BCUT2D eigenvalue weighted by molar-refractivity contribution is -0.117. The Kier molecular flexibility index (Phi) is 5.46. The average molecular weight is 351 g/mol. The van der Waals surface area contributed by atoms with Crippen LogP contribution in [-0.4, -0.2) is 22.0 Å². The molecule has 3 aromatic rings. The van der Waals surface area contributed by atoms with Crippen LogP contribution in [0.15, 0.2) is 60.7 Å². The molecule has 5 heteroatoms. The highest BCUT2D eigenvalue weighted by Crippen LogP contribution is 2.19. The Morgan fingerprint density at radius 3 is 2.65 bits per heavy atom. The topological polar surface area (TPSA) is 46.9 Å². The zero-order chi connectivity index (χ0) is 18.5. The fourth-order valence-electron chi connectivity index (χ4n) is 2.86. The number of halogens is 1. The van der Waals surface area contributed by atoms with E-state index in [4.69, 9.17) is 4.98 Å². The van der Waals surface area contributed by atoms with Crippen molar-refractivity contribution in [3.63, 3.8) is 0 Å². The van der Waals surface area contributed by atoms with Crippen molar-refractivity contribution in [2.24, 2.45) is 0 Å². The lowest BCUT2D eigenvalue weighted by Crippen LogP contribution is -2.25. The van der Waals surface area contributed by atoms with E-state index in [1.54, 1.807) is 19.1 Å². The summed E-state index contributed by atoms with van der Waals surface area (Å²) in [5.41, 5.74) is 3.52. The Morgan fingerprint density at radius 1 is 1.19 bits per heavy atom. The fourth-order valence-corrected chi connectivity index (χ4v) is 2.86. The molecule has 0 saturated carbocycles.